The van der Waals surface area contributed by atoms with Crippen LogP contribution in [0.3, 0.4) is 0 Å². The van der Waals surface area contributed by atoms with Crippen molar-refractivity contribution in [1.29, 1.82) is 5.26 Å². The van der Waals surface area contributed by atoms with Gasteiger partial charge >= 0.3 is 6.18 Å². The third-order valence-corrected chi connectivity index (χ3v) is 5.51. The molecule has 3 aromatic rings. The molecule has 1 aromatic carbocycles. The maximum absolute atomic E-state index is 13.7. The van der Waals surface area contributed by atoms with E-state index in [1.807, 2.05) is 6.07 Å². The molecule has 8 nitrogen and oxygen atoms in total. The third kappa shape index (κ3) is 3.58. The van der Waals surface area contributed by atoms with Gasteiger partial charge in [-0.3, -0.25) is 9.69 Å². The van der Waals surface area contributed by atoms with Crippen molar-refractivity contribution < 1.29 is 22.7 Å². The van der Waals surface area contributed by atoms with E-state index < -0.39 is 29.3 Å². The summed E-state index contributed by atoms with van der Waals surface area (Å²) in [7, 11) is 0. The summed E-state index contributed by atoms with van der Waals surface area (Å²) in [6.07, 6.45) is -2.13. The summed E-state index contributed by atoms with van der Waals surface area (Å²) in [6.45, 7) is 7.10. The number of anilines is 2. The average molecular weight is 456 g/mol. The highest BCUT2D eigenvalue weighted by molar-refractivity contribution is 6.02. The molecule has 33 heavy (non-hydrogen) atoms. The van der Waals surface area contributed by atoms with Gasteiger partial charge in [0.2, 0.25) is 0 Å². The normalized spacial score (nSPS) is 18.4. The lowest BCUT2D eigenvalue weighted by Crippen LogP contribution is -2.58. The van der Waals surface area contributed by atoms with E-state index >= 15 is 0 Å². The van der Waals surface area contributed by atoms with Crippen molar-refractivity contribution in [1.82, 2.24) is 14.6 Å². The first-order chi connectivity index (χ1) is 15.5. The quantitative estimate of drug-likeness (QED) is 0.604. The Hall–Kier alpha value is -3.91. The number of benzene rings is 1. The lowest BCUT2D eigenvalue weighted by atomic mass is 9.99. The molecule has 0 spiro atoms. The molecule has 0 radical (unpaired) electrons. The number of aromatic nitrogens is 3. The van der Waals surface area contributed by atoms with Crippen LogP contribution in [0, 0.1) is 11.3 Å². The molecule has 3 heterocycles. The van der Waals surface area contributed by atoms with Crippen molar-refractivity contribution in [3.63, 3.8) is 0 Å². The second-order valence-corrected chi connectivity index (χ2v) is 7.99. The zero-order valence-electron chi connectivity index (χ0n) is 17.7. The van der Waals surface area contributed by atoms with E-state index in [9.17, 15) is 23.2 Å². The summed E-state index contributed by atoms with van der Waals surface area (Å²) in [5.41, 5.74) is 3.98. The van der Waals surface area contributed by atoms with Gasteiger partial charge in [0.1, 0.15) is 23.5 Å². The molecule has 0 aliphatic carbocycles. The number of hydrogen-bond donors (Lipinski definition) is 1. The predicted octanol–water partition coefficient (Wildman–Crippen LogP) is 3.57. The highest BCUT2D eigenvalue weighted by Crippen LogP contribution is 2.40. The van der Waals surface area contributed by atoms with Crippen LogP contribution in [0.4, 0.5) is 24.7 Å². The topological polar surface area (TPSA) is 110 Å². The van der Waals surface area contributed by atoms with Gasteiger partial charge in [-0.2, -0.15) is 23.5 Å². The zero-order chi connectivity index (χ0) is 24.1. The summed E-state index contributed by atoms with van der Waals surface area (Å²) in [5.74, 6) is -0.732. The number of rotatable bonds is 3. The first-order valence-corrected chi connectivity index (χ1v) is 9.83. The molecule has 2 aromatic heterocycles. The maximum Gasteiger partial charge on any atom is 0.418 e. The number of nitrogen functional groups attached to an aromatic ring is 1. The second kappa shape index (κ2) is 7.60. The van der Waals surface area contributed by atoms with Crippen LogP contribution in [-0.4, -0.2) is 38.8 Å². The van der Waals surface area contributed by atoms with E-state index in [-0.39, 0.29) is 34.9 Å². The Labute approximate surface area is 186 Å². The summed E-state index contributed by atoms with van der Waals surface area (Å²) >= 11 is 0. The number of carbonyl (C=O) groups is 1. The SMILES string of the molecule is C=C[C@H]1COC(C)(C)C(=O)N1c1cc(-c2cc(C(F)(F)F)c3c(N)ncnn23)ccc1C#N. The fraction of sp³-hybridized carbons (Fsp3) is 0.273. The lowest BCUT2D eigenvalue weighted by Gasteiger charge is -2.42. The van der Waals surface area contributed by atoms with E-state index in [2.05, 4.69) is 16.7 Å². The van der Waals surface area contributed by atoms with Crippen molar-refractivity contribution in [3.8, 4) is 17.3 Å². The van der Waals surface area contributed by atoms with Crippen LogP contribution >= 0.6 is 0 Å². The fourth-order valence-corrected chi connectivity index (χ4v) is 3.81. The highest BCUT2D eigenvalue weighted by atomic mass is 19.4. The number of hydrogen-bond acceptors (Lipinski definition) is 6. The molecule has 0 unspecified atom stereocenters. The summed E-state index contributed by atoms with van der Waals surface area (Å²) < 4.78 is 47.8. The lowest BCUT2D eigenvalue weighted by molar-refractivity contribution is -0.146. The molecule has 1 aliphatic heterocycles. The Balaban J connectivity index is 1.96. The van der Waals surface area contributed by atoms with E-state index in [0.29, 0.717) is 5.56 Å². The number of fused-ring (bicyclic) bond motifs is 1. The van der Waals surface area contributed by atoms with Crippen LogP contribution in [0.2, 0.25) is 0 Å². The Bertz CT molecular complexity index is 1320. The Morgan fingerprint density at radius 3 is 2.73 bits per heavy atom. The maximum atomic E-state index is 13.7. The number of halogens is 3. The monoisotopic (exact) mass is 456 g/mol. The van der Waals surface area contributed by atoms with Crippen molar-refractivity contribution in [2.45, 2.75) is 31.7 Å². The molecule has 1 atom stereocenters. The molecule has 0 saturated carbocycles. The number of nitriles is 1. The van der Waals surface area contributed by atoms with Gasteiger partial charge in [-0.25, -0.2) is 9.50 Å². The van der Waals surface area contributed by atoms with Crippen LogP contribution in [0.15, 0.2) is 43.2 Å². The van der Waals surface area contributed by atoms with Crippen molar-refractivity contribution in [2.75, 3.05) is 17.2 Å². The number of morpholine rings is 1. The largest absolute Gasteiger partial charge is 0.418 e. The number of amides is 1. The standard InChI is InChI=1S/C22H19F3N6O2/c1-4-14-10-33-21(2,3)20(32)30(14)16-7-12(5-6-13(16)9-26)17-8-15(22(23,24)25)18-19(27)28-11-29-31(17)18/h4-8,11,14H,1,10H2,2-3H3,(H2,27,28,29)/t14-/m0/s1. The summed E-state index contributed by atoms with van der Waals surface area (Å²) in [5, 5.41) is 13.6. The van der Waals surface area contributed by atoms with Gasteiger partial charge in [-0.15, -0.1) is 6.58 Å². The molecule has 170 valence electrons. The van der Waals surface area contributed by atoms with Gasteiger partial charge in [-0.1, -0.05) is 12.1 Å². The Morgan fingerprint density at radius 1 is 1.36 bits per heavy atom. The van der Waals surface area contributed by atoms with Crippen LogP contribution in [0.5, 0.6) is 0 Å². The minimum atomic E-state index is -4.70. The molecular weight excluding hydrogens is 437 g/mol. The van der Waals surface area contributed by atoms with Crippen molar-refractivity contribution >= 4 is 22.9 Å². The van der Waals surface area contributed by atoms with Gasteiger partial charge < -0.3 is 10.5 Å². The fourth-order valence-electron chi connectivity index (χ4n) is 3.81. The van der Waals surface area contributed by atoms with Gasteiger partial charge in [0.05, 0.1) is 35.2 Å². The minimum absolute atomic E-state index is 0.0762. The van der Waals surface area contributed by atoms with Crippen LogP contribution in [0.25, 0.3) is 16.8 Å². The molecule has 4 rings (SSSR count). The molecular formula is C22H19F3N6O2. The Kier molecular flexibility index (Phi) is 5.13. The van der Waals surface area contributed by atoms with Crippen LogP contribution in [-0.2, 0) is 15.7 Å². The number of alkyl halides is 3. The molecule has 2 N–H and O–H groups in total. The van der Waals surface area contributed by atoms with Crippen molar-refractivity contribution in [2.24, 2.45) is 0 Å². The Morgan fingerprint density at radius 2 is 2.09 bits per heavy atom. The average Bonchev–Trinajstić information content (AvgIpc) is 3.17. The minimum Gasteiger partial charge on any atom is -0.382 e. The smallest absolute Gasteiger partial charge is 0.382 e. The molecule has 0 bridgehead atoms. The van der Waals surface area contributed by atoms with E-state index in [1.165, 1.54) is 29.2 Å². The molecule has 1 amide bonds. The number of carbonyl (C=O) groups excluding carboxylic acids is 1. The van der Waals surface area contributed by atoms with Crippen LogP contribution < -0.4 is 10.6 Å². The van der Waals surface area contributed by atoms with Gasteiger partial charge in [-0.05, 0) is 32.0 Å². The van der Waals surface area contributed by atoms with E-state index in [4.69, 9.17) is 10.5 Å². The van der Waals surface area contributed by atoms with Gasteiger partial charge in [0.15, 0.2) is 5.82 Å². The summed E-state index contributed by atoms with van der Waals surface area (Å²) in [6, 6.07) is 6.80. The van der Waals surface area contributed by atoms with Gasteiger partial charge in [0.25, 0.3) is 5.91 Å². The third-order valence-electron chi connectivity index (χ3n) is 5.51. The first-order valence-electron chi connectivity index (χ1n) is 9.83. The number of nitrogens with two attached hydrogens (primary N) is 1. The van der Waals surface area contributed by atoms with Crippen LogP contribution in [0.1, 0.15) is 25.0 Å². The zero-order valence-corrected chi connectivity index (χ0v) is 17.7. The molecule has 1 aliphatic rings. The highest BCUT2D eigenvalue weighted by Gasteiger charge is 2.42. The first kappa shape index (κ1) is 22.3. The summed E-state index contributed by atoms with van der Waals surface area (Å²) in [4.78, 5) is 18.2. The number of nitrogens with zero attached hydrogens (tertiary/aromatic N) is 5. The van der Waals surface area contributed by atoms with Crippen molar-refractivity contribution in [3.05, 3.63) is 54.4 Å². The van der Waals surface area contributed by atoms with E-state index in [0.717, 1.165) is 16.9 Å². The second-order valence-electron chi connectivity index (χ2n) is 7.99. The number of ether oxygens (including phenoxy) is 1. The molecule has 1 fully saturated rings. The molecule has 1 saturated heterocycles. The van der Waals surface area contributed by atoms with Gasteiger partial charge in [0, 0.05) is 5.56 Å². The van der Waals surface area contributed by atoms with E-state index in [1.54, 1.807) is 13.8 Å². The predicted molar refractivity (Wildman–Crippen MR) is 114 cm³/mol. The molecule has 11 heteroatoms.